The van der Waals surface area contributed by atoms with Crippen LogP contribution in [0.4, 0.5) is 0 Å². The van der Waals surface area contributed by atoms with E-state index in [4.69, 9.17) is 4.74 Å². The zero-order valence-electron chi connectivity index (χ0n) is 18.5. The van der Waals surface area contributed by atoms with Gasteiger partial charge in [0.2, 0.25) is 0 Å². The number of hydrogen-bond donors (Lipinski definition) is 2. The van der Waals surface area contributed by atoms with E-state index in [1.54, 1.807) is 0 Å². The molecule has 168 valence electrons. The summed E-state index contributed by atoms with van der Waals surface area (Å²) < 4.78 is 5.12. The van der Waals surface area contributed by atoms with Gasteiger partial charge in [-0.1, -0.05) is 42.5 Å². The molecule has 2 N–H and O–H groups in total. The second kappa shape index (κ2) is 9.93. The van der Waals surface area contributed by atoms with Gasteiger partial charge in [0, 0.05) is 45.0 Å². The summed E-state index contributed by atoms with van der Waals surface area (Å²) in [5.41, 5.74) is 3.41. The number of hydrogen-bond acceptors (Lipinski definition) is 6. The zero-order chi connectivity index (χ0) is 22.5. The van der Waals surface area contributed by atoms with Gasteiger partial charge in [0.25, 0.3) is 5.91 Å². The van der Waals surface area contributed by atoms with Gasteiger partial charge in [-0.2, -0.15) is 5.10 Å². The fourth-order valence-electron chi connectivity index (χ4n) is 4.13. The first-order valence-electron chi connectivity index (χ1n) is 10.8. The van der Waals surface area contributed by atoms with Crippen LogP contribution in [0.5, 0.6) is 0 Å². The van der Waals surface area contributed by atoms with Gasteiger partial charge < -0.3 is 15.0 Å². The predicted octanol–water partition coefficient (Wildman–Crippen LogP) is 2.17. The van der Waals surface area contributed by atoms with E-state index in [-0.39, 0.29) is 24.5 Å². The molecule has 0 radical (unpaired) electrons. The van der Waals surface area contributed by atoms with E-state index in [9.17, 15) is 9.59 Å². The highest BCUT2D eigenvalue weighted by molar-refractivity contribution is 6.04. The number of para-hydroxylation sites is 1. The van der Waals surface area contributed by atoms with Crippen LogP contribution in [-0.2, 0) is 22.7 Å². The van der Waals surface area contributed by atoms with Gasteiger partial charge in [-0.3, -0.25) is 19.6 Å². The van der Waals surface area contributed by atoms with Gasteiger partial charge in [-0.25, -0.2) is 0 Å². The number of aromatic nitrogens is 2. The number of nitrogens with one attached hydrogen (secondary N) is 2. The number of amides is 1. The second-order valence-corrected chi connectivity index (χ2v) is 8.39. The summed E-state index contributed by atoms with van der Waals surface area (Å²) in [5, 5.41) is 11.2. The standard InChI is InChI=1S/C24H29N5O3/c1-17(30)32-16-19-7-5-6-18(12-19)13-29-11-10-28(2)14-20(15-29)25-24(31)23-21-8-3-4-9-22(21)26-27-23/h3-9,12,20H,10-11,13-16H2,1-2H3,(H,25,31)(H,26,27). The third kappa shape index (κ3) is 5.52. The number of carbonyl (C=O) groups is 2. The molecule has 0 aliphatic carbocycles. The van der Waals surface area contributed by atoms with Crippen LogP contribution >= 0.6 is 0 Å². The summed E-state index contributed by atoms with van der Waals surface area (Å²) in [5.74, 6) is -0.444. The quantitative estimate of drug-likeness (QED) is 0.577. The molecule has 3 aromatic rings. The van der Waals surface area contributed by atoms with E-state index in [2.05, 4.69) is 44.5 Å². The minimum absolute atomic E-state index is 0.0188. The van der Waals surface area contributed by atoms with Crippen molar-refractivity contribution in [3.8, 4) is 0 Å². The van der Waals surface area contributed by atoms with Crippen LogP contribution in [0.25, 0.3) is 10.9 Å². The van der Waals surface area contributed by atoms with Gasteiger partial charge in [-0.05, 0) is 24.2 Å². The van der Waals surface area contributed by atoms with Crippen molar-refractivity contribution < 1.29 is 14.3 Å². The van der Waals surface area contributed by atoms with Gasteiger partial charge in [0.1, 0.15) is 6.61 Å². The molecular weight excluding hydrogens is 406 g/mol. The Morgan fingerprint density at radius 3 is 2.78 bits per heavy atom. The fourth-order valence-corrected chi connectivity index (χ4v) is 4.13. The molecule has 1 aliphatic rings. The number of H-pyrrole nitrogens is 1. The third-order valence-electron chi connectivity index (χ3n) is 5.67. The van der Waals surface area contributed by atoms with E-state index in [0.717, 1.165) is 54.8 Å². The van der Waals surface area contributed by atoms with Crippen molar-refractivity contribution in [2.45, 2.75) is 26.1 Å². The maximum absolute atomic E-state index is 13.0. The molecule has 1 atom stereocenters. The summed E-state index contributed by atoms with van der Waals surface area (Å²) in [6.45, 7) is 5.80. The molecule has 8 nitrogen and oxygen atoms in total. The Morgan fingerprint density at radius 1 is 1.12 bits per heavy atom. The molecule has 1 fully saturated rings. The highest BCUT2D eigenvalue weighted by Crippen LogP contribution is 2.16. The largest absolute Gasteiger partial charge is 0.461 e. The molecule has 32 heavy (non-hydrogen) atoms. The van der Waals surface area contributed by atoms with Crippen LogP contribution in [0.3, 0.4) is 0 Å². The average molecular weight is 436 g/mol. The fraction of sp³-hybridized carbons (Fsp3) is 0.375. The van der Waals surface area contributed by atoms with E-state index >= 15 is 0 Å². The Balaban J connectivity index is 1.42. The molecule has 1 aliphatic heterocycles. The SMILES string of the molecule is CC(=O)OCc1cccc(CN2CCN(C)CC(NC(=O)c3n[nH]c4ccccc34)C2)c1. The molecule has 8 heteroatoms. The lowest BCUT2D eigenvalue weighted by atomic mass is 10.1. The number of carbonyl (C=O) groups excluding carboxylic acids is 2. The molecule has 0 spiro atoms. The smallest absolute Gasteiger partial charge is 0.302 e. The predicted molar refractivity (Wildman–Crippen MR) is 122 cm³/mol. The lowest BCUT2D eigenvalue weighted by molar-refractivity contribution is -0.142. The van der Waals surface area contributed by atoms with E-state index in [1.165, 1.54) is 6.92 Å². The van der Waals surface area contributed by atoms with Gasteiger partial charge in [0.05, 0.1) is 11.6 Å². The van der Waals surface area contributed by atoms with Crippen LogP contribution in [0.1, 0.15) is 28.5 Å². The van der Waals surface area contributed by atoms with Crippen molar-refractivity contribution in [1.82, 2.24) is 25.3 Å². The zero-order valence-corrected chi connectivity index (χ0v) is 18.5. The van der Waals surface area contributed by atoms with E-state index < -0.39 is 0 Å². The number of rotatable bonds is 6. The van der Waals surface area contributed by atoms with E-state index in [0.29, 0.717) is 5.69 Å². The first kappa shape index (κ1) is 22.0. The topological polar surface area (TPSA) is 90.6 Å². The Bertz CT molecular complexity index is 1100. The Morgan fingerprint density at radius 2 is 1.94 bits per heavy atom. The van der Waals surface area contributed by atoms with E-state index in [1.807, 2.05) is 36.4 Å². The van der Waals surface area contributed by atoms with Crippen molar-refractivity contribution in [2.24, 2.45) is 0 Å². The van der Waals surface area contributed by atoms with Crippen molar-refractivity contribution in [2.75, 3.05) is 33.2 Å². The maximum Gasteiger partial charge on any atom is 0.302 e. The molecule has 1 unspecified atom stereocenters. The Hall–Kier alpha value is -3.23. The number of ether oxygens (including phenoxy) is 1. The molecular formula is C24H29N5O3. The first-order valence-corrected chi connectivity index (χ1v) is 10.8. The number of likely N-dealkylation sites (N-methyl/N-ethyl adjacent to an activating group) is 1. The monoisotopic (exact) mass is 435 g/mol. The van der Waals surface area contributed by atoms with Crippen molar-refractivity contribution in [3.05, 3.63) is 65.4 Å². The average Bonchev–Trinajstić information content (AvgIpc) is 3.13. The molecule has 2 aromatic carbocycles. The lowest BCUT2D eigenvalue weighted by Crippen LogP contribution is -2.46. The number of esters is 1. The summed E-state index contributed by atoms with van der Waals surface area (Å²) in [6, 6.07) is 15.7. The van der Waals surface area contributed by atoms with Crippen LogP contribution in [-0.4, -0.2) is 71.1 Å². The number of benzene rings is 2. The van der Waals surface area contributed by atoms with Gasteiger partial charge >= 0.3 is 5.97 Å². The van der Waals surface area contributed by atoms with Crippen LogP contribution < -0.4 is 5.32 Å². The maximum atomic E-state index is 13.0. The van der Waals surface area contributed by atoms with Crippen molar-refractivity contribution in [1.29, 1.82) is 0 Å². The highest BCUT2D eigenvalue weighted by Gasteiger charge is 2.24. The summed E-state index contributed by atoms with van der Waals surface area (Å²) in [6.07, 6.45) is 0. The molecule has 0 bridgehead atoms. The van der Waals surface area contributed by atoms with Crippen LogP contribution in [0.15, 0.2) is 48.5 Å². The highest BCUT2D eigenvalue weighted by atomic mass is 16.5. The normalized spacial score (nSPS) is 17.8. The molecule has 1 saturated heterocycles. The lowest BCUT2D eigenvalue weighted by Gasteiger charge is -2.25. The minimum Gasteiger partial charge on any atom is -0.461 e. The second-order valence-electron chi connectivity index (χ2n) is 8.39. The third-order valence-corrected chi connectivity index (χ3v) is 5.67. The summed E-state index contributed by atoms with van der Waals surface area (Å²) >= 11 is 0. The van der Waals surface area contributed by atoms with Crippen molar-refractivity contribution in [3.63, 3.8) is 0 Å². The van der Waals surface area contributed by atoms with Gasteiger partial charge in [-0.15, -0.1) is 0 Å². The molecule has 4 rings (SSSR count). The summed E-state index contributed by atoms with van der Waals surface area (Å²) in [7, 11) is 2.08. The Labute approximate surface area is 187 Å². The molecule has 1 aromatic heterocycles. The van der Waals surface area contributed by atoms with Crippen LogP contribution in [0, 0.1) is 0 Å². The number of fused-ring (bicyclic) bond motifs is 1. The molecule has 1 amide bonds. The summed E-state index contributed by atoms with van der Waals surface area (Å²) in [4.78, 5) is 28.7. The Kier molecular flexibility index (Phi) is 6.82. The molecule has 2 heterocycles. The van der Waals surface area contributed by atoms with Gasteiger partial charge in [0.15, 0.2) is 5.69 Å². The minimum atomic E-state index is -0.283. The molecule has 0 saturated carbocycles. The van der Waals surface area contributed by atoms with Crippen LogP contribution in [0.2, 0.25) is 0 Å². The first-order chi connectivity index (χ1) is 15.5. The number of nitrogens with zero attached hydrogens (tertiary/aromatic N) is 3. The number of aromatic amines is 1. The van der Waals surface area contributed by atoms with Crippen molar-refractivity contribution >= 4 is 22.8 Å².